The lowest BCUT2D eigenvalue weighted by molar-refractivity contribution is 0.328. The zero-order valence-electron chi connectivity index (χ0n) is 12.7. The van der Waals surface area contributed by atoms with E-state index in [0.717, 1.165) is 19.5 Å². The highest BCUT2D eigenvalue weighted by molar-refractivity contribution is 5.14. The van der Waals surface area contributed by atoms with Gasteiger partial charge in [0.25, 0.3) is 0 Å². The lowest BCUT2D eigenvalue weighted by Crippen LogP contribution is -2.22. The van der Waals surface area contributed by atoms with Gasteiger partial charge >= 0.3 is 0 Å². The smallest absolute Gasteiger partial charge is 0.00188 e. The molecule has 0 atom stereocenters. The minimum absolute atomic E-state index is 1.16. The number of hydrogen-bond acceptors (Lipinski definition) is 2. The Hall–Kier alpha value is -0.860. The zero-order chi connectivity index (χ0) is 13.8. The second kappa shape index (κ2) is 11.0. The molecule has 0 unspecified atom stereocenters. The van der Waals surface area contributed by atoms with Gasteiger partial charge in [0.2, 0.25) is 0 Å². The number of nitrogens with zero attached hydrogens (tertiary/aromatic N) is 1. The van der Waals surface area contributed by atoms with Crippen LogP contribution in [0, 0.1) is 0 Å². The minimum atomic E-state index is 1.16. The van der Waals surface area contributed by atoms with E-state index >= 15 is 0 Å². The van der Waals surface area contributed by atoms with Crippen LogP contribution in [-0.4, -0.2) is 38.1 Å². The van der Waals surface area contributed by atoms with E-state index in [1.54, 1.807) is 0 Å². The molecule has 0 saturated carbocycles. The average molecular weight is 262 g/mol. The third-order valence-electron chi connectivity index (χ3n) is 3.45. The Kier molecular flexibility index (Phi) is 9.38. The standard InChI is InChI=1S/C17H30N2/c1-3-13-18-14-8-5-9-15-19(2)16-12-17-10-6-4-7-11-17/h4,6-7,10-11,18H,3,5,8-9,12-16H2,1-2H3. The van der Waals surface area contributed by atoms with E-state index in [1.807, 2.05) is 0 Å². The quantitative estimate of drug-likeness (QED) is 0.615. The third kappa shape index (κ3) is 8.79. The van der Waals surface area contributed by atoms with Crippen LogP contribution >= 0.6 is 0 Å². The topological polar surface area (TPSA) is 15.3 Å². The molecule has 0 fully saturated rings. The second-order valence-corrected chi connectivity index (χ2v) is 5.35. The first-order valence-corrected chi connectivity index (χ1v) is 7.76. The molecule has 0 spiro atoms. The van der Waals surface area contributed by atoms with Gasteiger partial charge < -0.3 is 10.2 Å². The van der Waals surface area contributed by atoms with Crippen molar-refractivity contribution in [3.63, 3.8) is 0 Å². The van der Waals surface area contributed by atoms with Crippen molar-refractivity contribution in [2.24, 2.45) is 0 Å². The molecule has 0 heterocycles. The first-order chi connectivity index (χ1) is 9.33. The Labute approximate surface area is 119 Å². The second-order valence-electron chi connectivity index (χ2n) is 5.35. The maximum Gasteiger partial charge on any atom is 0.00188 e. The number of likely N-dealkylation sites (N-methyl/N-ethyl adjacent to an activating group) is 1. The third-order valence-corrected chi connectivity index (χ3v) is 3.45. The molecule has 1 rings (SSSR count). The van der Waals surface area contributed by atoms with Crippen LogP contribution in [0.5, 0.6) is 0 Å². The van der Waals surface area contributed by atoms with Crippen LogP contribution in [-0.2, 0) is 6.42 Å². The molecule has 0 aliphatic rings. The van der Waals surface area contributed by atoms with Crippen LogP contribution in [0.2, 0.25) is 0 Å². The molecule has 19 heavy (non-hydrogen) atoms. The first kappa shape index (κ1) is 16.2. The Balaban J connectivity index is 1.95. The van der Waals surface area contributed by atoms with Gasteiger partial charge in [0.15, 0.2) is 0 Å². The van der Waals surface area contributed by atoms with Crippen LogP contribution in [0.4, 0.5) is 0 Å². The van der Waals surface area contributed by atoms with Gasteiger partial charge in [-0.1, -0.05) is 43.7 Å². The van der Waals surface area contributed by atoms with Crippen molar-refractivity contribution in [1.82, 2.24) is 10.2 Å². The van der Waals surface area contributed by atoms with Gasteiger partial charge in [0.1, 0.15) is 0 Å². The predicted molar refractivity (Wildman–Crippen MR) is 84.7 cm³/mol. The highest BCUT2D eigenvalue weighted by Gasteiger charge is 1.99. The molecule has 0 radical (unpaired) electrons. The Morgan fingerprint density at radius 1 is 0.947 bits per heavy atom. The molecule has 0 amide bonds. The molecule has 2 heteroatoms. The van der Waals surface area contributed by atoms with Gasteiger partial charge in [-0.15, -0.1) is 0 Å². The predicted octanol–water partition coefficient (Wildman–Crippen LogP) is 3.33. The molecular formula is C17H30N2. The number of rotatable bonds is 11. The van der Waals surface area contributed by atoms with Crippen molar-refractivity contribution in [2.75, 3.05) is 33.2 Å². The van der Waals surface area contributed by atoms with Gasteiger partial charge in [-0.25, -0.2) is 0 Å². The largest absolute Gasteiger partial charge is 0.317 e. The van der Waals surface area contributed by atoms with Gasteiger partial charge in [0.05, 0.1) is 0 Å². The Morgan fingerprint density at radius 2 is 1.74 bits per heavy atom. The van der Waals surface area contributed by atoms with Crippen molar-refractivity contribution in [3.05, 3.63) is 35.9 Å². The van der Waals surface area contributed by atoms with E-state index in [4.69, 9.17) is 0 Å². The summed E-state index contributed by atoms with van der Waals surface area (Å²) in [6.45, 7) is 6.95. The van der Waals surface area contributed by atoms with Crippen molar-refractivity contribution < 1.29 is 0 Å². The first-order valence-electron chi connectivity index (χ1n) is 7.76. The van der Waals surface area contributed by atoms with Crippen molar-refractivity contribution in [2.45, 2.75) is 39.0 Å². The van der Waals surface area contributed by atoms with E-state index in [2.05, 4.69) is 54.5 Å². The van der Waals surface area contributed by atoms with Gasteiger partial charge in [-0.3, -0.25) is 0 Å². The fraction of sp³-hybridized carbons (Fsp3) is 0.647. The monoisotopic (exact) mass is 262 g/mol. The number of unbranched alkanes of at least 4 members (excludes halogenated alkanes) is 2. The summed E-state index contributed by atoms with van der Waals surface area (Å²) in [6, 6.07) is 10.8. The van der Waals surface area contributed by atoms with Crippen LogP contribution in [0.1, 0.15) is 38.2 Å². The minimum Gasteiger partial charge on any atom is -0.317 e. The lowest BCUT2D eigenvalue weighted by atomic mass is 10.1. The summed E-state index contributed by atoms with van der Waals surface area (Å²) in [6.07, 6.45) is 6.37. The van der Waals surface area contributed by atoms with E-state index in [9.17, 15) is 0 Å². The number of nitrogens with one attached hydrogen (secondary N) is 1. The van der Waals surface area contributed by atoms with Crippen molar-refractivity contribution >= 4 is 0 Å². The molecule has 0 aliphatic carbocycles. The summed E-state index contributed by atoms with van der Waals surface area (Å²) in [5.74, 6) is 0. The van der Waals surface area contributed by atoms with E-state index in [0.29, 0.717) is 0 Å². The molecule has 0 saturated heterocycles. The molecule has 0 aromatic heterocycles. The summed E-state index contributed by atoms with van der Waals surface area (Å²) < 4.78 is 0. The Morgan fingerprint density at radius 3 is 2.47 bits per heavy atom. The summed E-state index contributed by atoms with van der Waals surface area (Å²) in [5, 5.41) is 3.46. The molecule has 1 aromatic rings. The van der Waals surface area contributed by atoms with Crippen LogP contribution in [0.3, 0.4) is 0 Å². The van der Waals surface area contributed by atoms with Crippen molar-refractivity contribution in [1.29, 1.82) is 0 Å². The maximum atomic E-state index is 3.46. The zero-order valence-corrected chi connectivity index (χ0v) is 12.7. The number of hydrogen-bond donors (Lipinski definition) is 1. The van der Waals surface area contributed by atoms with Crippen LogP contribution in [0.25, 0.3) is 0 Å². The van der Waals surface area contributed by atoms with Crippen LogP contribution < -0.4 is 5.32 Å². The van der Waals surface area contributed by atoms with E-state index in [1.165, 1.54) is 44.3 Å². The highest BCUT2D eigenvalue weighted by Crippen LogP contribution is 2.02. The van der Waals surface area contributed by atoms with Crippen molar-refractivity contribution in [3.8, 4) is 0 Å². The van der Waals surface area contributed by atoms with Gasteiger partial charge in [0, 0.05) is 6.54 Å². The van der Waals surface area contributed by atoms with Gasteiger partial charge in [-0.05, 0) is 57.9 Å². The fourth-order valence-corrected chi connectivity index (χ4v) is 2.19. The normalized spacial score (nSPS) is 11.1. The van der Waals surface area contributed by atoms with E-state index in [-0.39, 0.29) is 0 Å². The Bertz CT molecular complexity index is 297. The molecule has 1 N–H and O–H groups in total. The fourth-order valence-electron chi connectivity index (χ4n) is 2.19. The molecular weight excluding hydrogens is 232 g/mol. The molecule has 0 aliphatic heterocycles. The average Bonchev–Trinajstić information content (AvgIpc) is 2.45. The molecule has 2 nitrogen and oxygen atoms in total. The number of benzene rings is 1. The summed E-state index contributed by atoms with van der Waals surface area (Å²) in [4.78, 5) is 2.45. The van der Waals surface area contributed by atoms with Crippen LogP contribution in [0.15, 0.2) is 30.3 Å². The molecule has 108 valence electrons. The molecule has 0 bridgehead atoms. The summed E-state index contributed by atoms with van der Waals surface area (Å²) in [5.41, 5.74) is 1.44. The maximum absolute atomic E-state index is 3.46. The van der Waals surface area contributed by atoms with E-state index < -0.39 is 0 Å². The summed E-state index contributed by atoms with van der Waals surface area (Å²) in [7, 11) is 2.23. The van der Waals surface area contributed by atoms with Gasteiger partial charge in [-0.2, -0.15) is 0 Å². The molecule has 1 aromatic carbocycles. The summed E-state index contributed by atoms with van der Waals surface area (Å²) >= 11 is 0. The lowest BCUT2D eigenvalue weighted by Gasteiger charge is -2.16. The highest BCUT2D eigenvalue weighted by atomic mass is 15.1. The SMILES string of the molecule is CCCNCCCCCN(C)CCc1ccccc1.